The van der Waals surface area contributed by atoms with E-state index in [0.717, 1.165) is 12.0 Å². The Balaban J connectivity index is 0.000000593. The molecule has 2 unspecified atom stereocenters. The summed E-state index contributed by atoms with van der Waals surface area (Å²) in [5.74, 6) is -0.407. The number of benzene rings is 1. The van der Waals surface area contributed by atoms with Crippen molar-refractivity contribution in [2.75, 3.05) is 7.11 Å². The highest BCUT2D eigenvalue weighted by atomic mass is 16.5. The van der Waals surface area contributed by atoms with Crippen LogP contribution in [0.2, 0.25) is 0 Å². The van der Waals surface area contributed by atoms with Gasteiger partial charge in [-0.1, -0.05) is 44.2 Å². The first-order valence-electron chi connectivity index (χ1n) is 8.44. The van der Waals surface area contributed by atoms with Crippen molar-refractivity contribution in [3.05, 3.63) is 35.9 Å². The number of ether oxygens (including phenoxy) is 1. The minimum atomic E-state index is -0.674. The maximum atomic E-state index is 11.4. The van der Waals surface area contributed by atoms with Crippen LogP contribution in [0.25, 0.3) is 0 Å². The van der Waals surface area contributed by atoms with Gasteiger partial charge in [0.1, 0.15) is 11.8 Å². The third-order valence-corrected chi connectivity index (χ3v) is 3.70. The summed E-state index contributed by atoms with van der Waals surface area (Å²) in [6.45, 7) is 3.91. The van der Waals surface area contributed by atoms with Crippen molar-refractivity contribution < 1.29 is 24.2 Å². The Morgan fingerprint density at radius 2 is 1.88 bits per heavy atom. The zero-order chi connectivity index (χ0) is 19.1. The summed E-state index contributed by atoms with van der Waals surface area (Å²) in [5, 5.41) is 11.0. The second-order valence-electron chi connectivity index (χ2n) is 5.73. The lowest BCUT2D eigenvalue weighted by atomic mass is 9.94. The average Bonchev–Trinajstić information content (AvgIpc) is 2.65. The highest BCUT2D eigenvalue weighted by molar-refractivity contribution is 5.79. The molecule has 140 valence electrons. The molecule has 2 atom stereocenters. The van der Waals surface area contributed by atoms with E-state index in [4.69, 9.17) is 5.11 Å². The Labute approximate surface area is 149 Å². The highest BCUT2D eigenvalue weighted by Crippen LogP contribution is 2.13. The summed E-state index contributed by atoms with van der Waals surface area (Å²) in [4.78, 5) is 33.1. The van der Waals surface area contributed by atoms with E-state index in [9.17, 15) is 14.4 Å². The quantitative estimate of drug-likeness (QED) is 0.498. The first-order valence-corrected chi connectivity index (χ1v) is 8.44. The monoisotopic (exact) mass is 351 g/mol. The first-order chi connectivity index (χ1) is 12.0. The average molecular weight is 351 g/mol. The van der Waals surface area contributed by atoms with Crippen molar-refractivity contribution in [1.82, 2.24) is 5.32 Å². The van der Waals surface area contributed by atoms with Crippen molar-refractivity contribution in [2.45, 2.75) is 52.2 Å². The van der Waals surface area contributed by atoms with E-state index in [-0.39, 0.29) is 18.3 Å². The molecular formula is C19H29NO5. The maximum absolute atomic E-state index is 11.4. The molecule has 1 rings (SSSR count). The van der Waals surface area contributed by atoms with Gasteiger partial charge in [0, 0.05) is 12.8 Å². The minimum absolute atomic E-state index is 0.117. The Bertz CT molecular complexity index is 504. The number of carbonyl (C=O) groups excluding carboxylic acids is 3. The lowest BCUT2D eigenvalue weighted by Gasteiger charge is -2.20. The second kappa shape index (κ2) is 14.2. The highest BCUT2D eigenvalue weighted by Gasteiger charge is 2.25. The largest absolute Gasteiger partial charge is 0.467 e. The van der Waals surface area contributed by atoms with Gasteiger partial charge in [0.05, 0.1) is 13.7 Å². The van der Waals surface area contributed by atoms with Crippen molar-refractivity contribution in [3.8, 4) is 0 Å². The van der Waals surface area contributed by atoms with E-state index in [2.05, 4.69) is 10.1 Å². The van der Waals surface area contributed by atoms with E-state index in [1.54, 1.807) is 0 Å². The van der Waals surface area contributed by atoms with Crippen LogP contribution < -0.4 is 5.32 Å². The van der Waals surface area contributed by atoms with Crippen LogP contribution in [0.1, 0.15) is 45.1 Å². The molecule has 0 bridgehead atoms. The van der Waals surface area contributed by atoms with E-state index in [1.807, 2.05) is 44.2 Å². The second-order valence-corrected chi connectivity index (χ2v) is 5.73. The molecule has 2 N–H and O–H groups in total. The number of rotatable bonds is 10. The smallest absolute Gasteiger partial charge is 0.328 e. The van der Waals surface area contributed by atoms with Gasteiger partial charge >= 0.3 is 5.97 Å². The fourth-order valence-corrected chi connectivity index (χ4v) is 2.21. The van der Waals surface area contributed by atoms with Gasteiger partial charge in [-0.05, 0) is 24.3 Å². The summed E-state index contributed by atoms with van der Waals surface area (Å²) < 4.78 is 4.60. The van der Waals surface area contributed by atoms with Gasteiger partial charge < -0.3 is 15.2 Å². The van der Waals surface area contributed by atoms with Crippen LogP contribution in [-0.4, -0.2) is 36.4 Å². The number of methoxy groups -OCH3 is 1. The Morgan fingerprint density at radius 3 is 2.32 bits per heavy atom. The van der Waals surface area contributed by atoms with Crippen LogP contribution in [0.15, 0.2) is 30.3 Å². The van der Waals surface area contributed by atoms with Crippen molar-refractivity contribution in [3.63, 3.8) is 0 Å². The summed E-state index contributed by atoms with van der Waals surface area (Å²) in [7, 11) is 1.27. The fourth-order valence-electron chi connectivity index (χ4n) is 2.21. The molecular weight excluding hydrogens is 322 g/mol. The SMILES string of the molecule is CCCC(=O)CCC(C)C(NC=O)C(=O)OC.OCc1ccccc1. The normalized spacial score (nSPS) is 12.2. The number of esters is 1. The number of nitrogens with one attached hydrogen (secondary N) is 1. The van der Waals surface area contributed by atoms with Crippen LogP contribution in [0.3, 0.4) is 0 Å². The van der Waals surface area contributed by atoms with E-state index < -0.39 is 12.0 Å². The molecule has 0 aromatic heterocycles. The molecule has 0 aliphatic carbocycles. The number of carbonyl (C=O) groups is 3. The van der Waals surface area contributed by atoms with Gasteiger partial charge in [-0.25, -0.2) is 4.79 Å². The van der Waals surface area contributed by atoms with Gasteiger partial charge in [0.2, 0.25) is 6.41 Å². The lowest BCUT2D eigenvalue weighted by molar-refractivity contribution is -0.145. The summed E-state index contributed by atoms with van der Waals surface area (Å²) >= 11 is 0. The fraction of sp³-hybridized carbons (Fsp3) is 0.526. The van der Waals surface area contributed by atoms with E-state index in [0.29, 0.717) is 25.7 Å². The number of aliphatic hydroxyl groups excluding tert-OH is 1. The van der Waals surface area contributed by atoms with Crippen molar-refractivity contribution >= 4 is 18.2 Å². The summed E-state index contributed by atoms with van der Waals surface area (Å²) in [6, 6.07) is 8.85. The number of hydrogen-bond acceptors (Lipinski definition) is 5. The Morgan fingerprint density at radius 1 is 1.24 bits per heavy atom. The molecule has 0 saturated heterocycles. The molecule has 0 spiro atoms. The molecule has 6 heteroatoms. The minimum Gasteiger partial charge on any atom is -0.467 e. The lowest BCUT2D eigenvalue weighted by Crippen LogP contribution is -2.42. The van der Waals surface area contributed by atoms with E-state index >= 15 is 0 Å². The molecule has 1 amide bonds. The number of amides is 1. The predicted molar refractivity (Wildman–Crippen MR) is 95.7 cm³/mol. The third kappa shape index (κ3) is 10.3. The van der Waals surface area contributed by atoms with Gasteiger partial charge in [0.15, 0.2) is 0 Å². The van der Waals surface area contributed by atoms with Crippen molar-refractivity contribution in [1.29, 1.82) is 0 Å². The molecule has 0 aliphatic heterocycles. The molecule has 25 heavy (non-hydrogen) atoms. The Hall–Kier alpha value is -2.21. The van der Waals surface area contributed by atoms with Crippen LogP contribution in [0.5, 0.6) is 0 Å². The topological polar surface area (TPSA) is 92.7 Å². The standard InChI is InChI=1S/C12H21NO4.C7H8O/c1-4-5-10(15)7-6-9(2)11(13-8-14)12(16)17-3;8-6-7-4-2-1-3-5-7/h8-9,11H,4-7H2,1-3H3,(H,13,14);1-5,8H,6H2. The van der Waals surface area contributed by atoms with Crippen LogP contribution in [0, 0.1) is 5.92 Å². The number of aliphatic hydroxyl groups is 1. The van der Waals surface area contributed by atoms with Crippen molar-refractivity contribution in [2.24, 2.45) is 5.92 Å². The van der Waals surface area contributed by atoms with Gasteiger partial charge in [-0.3, -0.25) is 9.59 Å². The molecule has 0 fully saturated rings. The predicted octanol–water partition coefficient (Wildman–Crippen LogP) is 2.24. The first kappa shape index (κ1) is 22.8. The van der Waals surface area contributed by atoms with Crippen LogP contribution >= 0.6 is 0 Å². The van der Waals surface area contributed by atoms with Crippen LogP contribution in [-0.2, 0) is 25.7 Å². The molecule has 0 radical (unpaired) electrons. The van der Waals surface area contributed by atoms with Crippen LogP contribution in [0.4, 0.5) is 0 Å². The van der Waals surface area contributed by atoms with Gasteiger partial charge in [0.25, 0.3) is 0 Å². The van der Waals surface area contributed by atoms with Gasteiger partial charge in [-0.2, -0.15) is 0 Å². The third-order valence-electron chi connectivity index (χ3n) is 3.70. The van der Waals surface area contributed by atoms with Gasteiger partial charge in [-0.15, -0.1) is 0 Å². The van der Waals surface area contributed by atoms with E-state index in [1.165, 1.54) is 7.11 Å². The maximum Gasteiger partial charge on any atom is 0.328 e. The Kier molecular flexibility index (Phi) is 12.9. The summed E-state index contributed by atoms with van der Waals surface area (Å²) in [5.41, 5.74) is 0.965. The molecule has 1 aromatic carbocycles. The number of ketones is 1. The zero-order valence-electron chi connectivity index (χ0n) is 15.2. The zero-order valence-corrected chi connectivity index (χ0v) is 15.2. The number of Topliss-reactive ketones (excluding diaryl/α,β-unsaturated/α-hetero) is 1. The molecule has 6 nitrogen and oxygen atoms in total. The molecule has 0 heterocycles. The molecule has 0 saturated carbocycles. The molecule has 1 aromatic rings. The number of hydrogen-bond donors (Lipinski definition) is 2. The molecule has 0 aliphatic rings. The summed E-state index contributed by atoms with van der Waals surface area (Å²) in [6.07, 6.45) is 2.88.